The van der Waals surface area contributed by atoms with Crippen molar-refractivity contribution in [3.8, 4) is 0 Å². The third kappa shape index (κ3) is 3.26. The van der Waals surface area contributed by atoms with Gasteiger partial charge in [-0.05, 0) is 45.6 Å². The molecule has 0 spiro atoms. The number of carbonyl (C=O) groups is 2. The maximum atomic E-state index is 12.7. The number of carbonyl (C=O) groups excluding carboxylic acids is 1. The standard InChI is InChI=1S/C14H24N2O3/c1-14(8-4-5-9-15-14)13(19)16(10-12(17)18)11-6-2-3-7-11/h11,15H,2-10H2,1H3,(H,17,18). The summed E-state index contributed by atoms with van der Waals surface area (Å²) in [5, 5.41) is 12.3. The highest BCUT2D eigenvalue weighted by molar-refractivity contribution is 5.89. The van der Waals surface area contributed by atoms with Crippen molar-refractivity contribution in [2.45, 2.75) is 63.5 Å². The summed E-state index contributed by atoms with van der Waals surface area (Å²) >= 11 is 0. The van der Waals surface area contributed by atoms with Crippen LogP contribution in [0.5, 0.6) is 0 Å². The van der Waals surface area contributed by atoms with E-state index in [1.165, 1.54) is 0 Å². The van der Waals surface area contributed by atoms with Crippen LogP contribution in [0.25, 0.3) is 0 Å². The SMILES string of the molecule is CC1(C(=O)N(CC(=O)O)C2CCCC2)CCCCN1. The Bertz CT molecular complexity index is 345. The molecule has 0 bridgehead atoms. The quantitative estimate of drug-likeness (QED) is 0.808. The van der Waals surface area contributed by atoms with Gasteiger partial charge < -0.3 is 15.3 Å². The molecular weight excluding hydrogens is 244 g/mol. The molecule has 0 aromatic carbocycles. The van der Waals surface area contributed by atoms with Gasteiger partial charge in [-0.2, -0.15) is 0 Å². The fraction of sp³-hybridized carbons (Fsp3) is 0.857. The van der Waals surface area contributed by atoms with Crippen LogP contribution in [0, 0.1) is 0 Å². The molecule has 5 heteroatoms. The van der Waals surface area contributed by atoms with Crippen LogP contribution < -0.4 is 5.32 Å². The van der Waals surface area contributed by atoms with Crippen molar-refractivity contribution >= 4 is 11.9 Å². The van der Waals surface area contributed by atoms with Crippen molar-refractivity contribution in [3.63, 3.8) is 0 Å². The molecular formula is C14H24N2O3. The lowest BCUT2D eigenvalue weighted by atomic mass is 9.89. The average Bonchev–Trinajstić information content (AvgIpc) is 2.89. The number of aliphatic carboxylic acids is 1. The van der Waals surface area contributed by atoms with E-state index in [4.69, 9.17) is 5.11 Å². The third-order valence-electron chi connectivity index (χ3n) is 4.42. The van der Waals surface area contributed by atoms with E-state index in [2.05, 4.69) is 5.32 Å². The molecule has 1 saturated heterocycles. The average molecular weight is 268 g/mol. The lowest BCUT2D eigenvalue weighted by molar-refractivity contribution is -0.150. The van der Waals surface area contributed by atoms with E-state index in [0.29, 0.717) is 0 Å². The number of piperidine rings is 1. The number of nitrogens with zero attached hydrogens (tertiary/aromatic N) is 1. The van der Waals surface area contributed by atoms with Crippen LogP contribution in [-0.4, -0.2) is 46.6 Å². The first kappa shape index (κ1) is 14.3. The number of hydrogen-bond acceptors (Lipinski definition) is 3. The number of carboxylic acids is 1. The summed E-state index contributed by atoms with van der Waals surface area (Å²) < 4.78 is 0. The molecule has 1 unspecified atom stereocenters. The van der Waals surface area contributed by atoms with Crippen LogP contribution in [0.15, 0.2) is 0 Å². The van der Waals surface area contributed by atoms with Crippen LogP contribution in [0.2, 0.25) is 0 Å². The minimum atomic E-state index is -0.917. The zero-order valence-electron chi connectivity index (χ0n) is 11.7. The Kier molecular flexibility index (Phi) is 4.45. The molecule has 5 nitrogen and oxygen atoms in total. The molecule has 0 aromatic heterocycles. The summed E-state index contributed by atoms with van der Waals surface area (Å²) in [6.45, 7) is 2.59. The van der Waals surface area contributed by atoms with Crippen LogP contribution in [0.1, 0.15) is 51.9 Å². The molecule has 1 atom stereocenters. The second-order valence-electron chi connectivity index (χ2n) is 5.98. The Morgan fingerprint density at radius 2 is 1.95 bits per heavy atom. The van der Waals surface area contributed by atoms with Gasteiger partial charge in [-0.1, -0.05) is 12.8 Å². The summed E-state index contributed by atoms with van der Waals surface area (Å²) in [5.74, 6) is -0.943. The molecule has 108 valence electrons. The zero-order valence-corrected chi connectivity index (χ0v) is 11.7. The van der Waals surface area contributed by atoms with Crippen molar-refractivity contribution in [3.05, 3.63) is 0 Å². The van der Waals surface area contributed by atoms with Gasteiger partial charge in [0.05, 0.1) is 5.54 Å². The highest BCUT2D eigenvalue weighted by Gasteiger charge is 2.40. The minimum Gasteiger partial charge on any atom is -0.480 e. The predicted octanol–water partition coefficient (Wildman–Crippen LogP) is 1.37. The summed E-state index contributed by atoms with van der Waals surface area (Å²) in [5.41, 5.74) is -0.573. The maximum absolute atomic E-state index is 12.7. The summed E-state index contributed by atoms with van der Waals surface area (Å²) in [6.07, 6.45) is 6.99. The van der Waals surface area contributed by atoms with Crippen LogP contribution in [0.3, 0.4) is 0 Å². The first-order valence-electron chi connectivity index (χ1n) is 7.31. The van der Waals surface area contributed by atoms with E-state index in [9.17, 15) is 9.59 Å². The molecule has 1 aliphatic carbocycles. The number of hydrogen-bond donors (Lipinski definition) is 2. The second-order valence-corrected chi connectivity index (χ2v) is 5.98. The topological polar surface area (TPSA) is 69.6 Å². The molecule has 1 saturated carbocycles. The summed E-state index contributed by atoms with van der Waals surface area (Å²) in [7, 11) is 0. The van der Waals surface area contributed by atoms with Crippen LogP contribution in [0.4, 0.5) is 0 Å². The normalized spacial score (nSPS) is 28.3. The van der Waals surface area contributed by atoms with Gasteiger partial charge in [-0.15, -0.1) is 0 Å². The van der Waals surface area contributed by atoms with Crippen molar-refractivity contribution in [1.29, 1.82) is 0 Å². The van der Waals surface area contributed by atoms with Crippen molar-refractivity contribution < 1.29 is 14.7 Å². The molecule has 1 amide bonds. The fourth-order valence-corrected chi connectivity index (χ4v) is 3.28. The van der Waals surface area contributed by atoms with Crippen molar-refractivity contribution in [2.75, 3.05) is 13.1 Å². The van der Waals surface area contributed by atoms with Gasteiger partial charge in [0.1, 0.15) is 6.54 Å². The molecule has 0 aromatic rings. The second kappa shape index (κ2) is 5.90. The summed E-state index contributed by atoms with van der Waals surface area (Å²) in [4.78, 5) is 25.4. The third-order valence-corrected chi connectivity index (χ3v) is 4.42. The molecule has 1 heterocycles. The van der Waals surface area contributed by atoms with E-state index < -0.39 is 11.5 Å². The molecule has 2 rings (SSSR count). The number of rotatable bonds is 4. The van der Waals surface area contributed by atoms with Gasteiger partial charge in [0.25, 0.3) is 0 Å². The first-order valence-corrected chi connectivity index (χ1v) is 7.31. The van der Waals surface area contributed by atoms with Gasteiger partial charge in [0.15, 0.2) is 0 Å². The Morgan fingerprint density at radius 3 is 2.47 bits per heavy atom. The molecule has 2 N–H and O–H groups in total. The van der Waals surface area contributed by atoms with Gasteiger partial charge in [0.2, 0.25) is 5.91 Å². The highest BCUT2D eigenvalue weighted by atomic mass is 16.4. The van der Waals surface area contributed by atoms with Crippen molar-refractivity contribution in [1.82, 2.24) is 10.2 Å². The zero-order chi connectivity index (χ0) is 13.9. The van der Waals surface area contributed by atoms with E-state index in [-0.39, 0.29) is 18.5 Å². The molecule has 2 aliphatic rings. The maximum Gasteiger partial charge on any atom is 0.323 e. The highest BCUT2D eigenvalue weighted by Crippen LogP contribution is 2.28. The molecule has 0 radical (unpaired) electrons. The first-order chi connectivity index (χ1) is 9.03. The fourth-order valence-electron chi connectivity index (χ4n) is 3.28. The number of nitrogens with one attached hydrogen (secondary N) is 1. The van der Waals surface area contributed by atoms with Crippen molar-refractivity contribution in [2.24, 2.45) is 0 Å². The summed E-state index contributed by atoms with van der Waals surface area (Å²) in [6, 6.07) is 0.115. The Hall–Kier alpha value is -1.10. The number of carboxylic acid groups (broad SMARTS) is 1. The monoisotopic (exact) mass is 268 g/mol. The lowest BCUT2D eigenvalue weighted by Gasteiger charge is -2.39. The van der Waals surface area contributed by atoms with Gasteiger partial charge in [0, 0.05) is 6.04 Å². The van der Waals surface area contributed by atoms with Gasteiger partial charge in [-0.25, -0.2) is 0 Å². The van der Waals surface area contributed by atoms with Crippen LogP contribution >= 0.6 is 0 Å². The minimum absolute atomic E-state index is 0.0264. The van der Waals surface area contributed by atoms with E-state index in [1.807, 2.05) is 6.92 Å². The van der Waals surface area contributed by atoms with E-state index in [0.717, 1.165) is 51.5 Å². The predicted molar refractivity (Wildman–Crippen MR) is 71.9 cm³/mol. The number of amides is 1. The lowest BCUT2D eigenvalue weighted by Crippen LogP contribution is -2.60. The Balaban J connectivity index is 2.11. The van der Waals surface area contributed by atoms with Gasteiger partial charge >= 0.3 is 5.97 Å². The molecule has 2 fully saturated rings. The largest absolute Gasteiger partial charge is 0.480 e. The van der Waals surface area contributed by atoms with E-state index in [1.54, 1.807) is 4.90 Å². The van der Waals surface area contributed by atoms with Crippen LogP contribution in [-0.2, 0) is 9.59 Å². The molecule has 19 heavy (non-hydrogen) atoms. The van der Waals surface area contributed by atoms with Gasteiger partial charge in [-0.3, -0.25) is 9.59 Å². The Morgan fingerprint density at radius 1 is 1.26 bits per heavy atom. The van der Waals surface area contributed by atoms with E-state index >= 15 is 0 Å². The molecule has 1 aliphatic heterocycles. The smallest absolute Gasteiger partial charge is 0.323 e. The Labute approximate surface area is 114 Å².